The number of urea groups is 1. The third kappa shape index (κ3) is 4.17. The summed E-state index contributed by atoms with van der Waals surface area (Å²) in [7, 11) is 0. The van der Waals surface area contributed by atoms with Crippen LogP contribution in [0.1, 0.15) is 43.7 Å². The first kappa shape index (κ1) is 19.2. The molecule has 1 aliphatic rings. The lowest BCUT2D eigenvalue weighted by Gasteiger charge is -2.20. The summed E-state index contributed by atoms with van der Waals surface area (Å²) in [6.45, 7) is 6.69. The molecule has 0 spiro atoms. The van der Waals surface area contributed by atoms with Crippen molar-refractivity contribution in [3.8, 4) is 5.69 Å². The van der Waals surface area contributed by atoms with E-state index in [1.165, 1.54) is 0 Å². The number of amides is 2. The predicted molar refractivity (Wildman–Crippen MR) is 110 cm³/mol. The van der Waals surface area contributed by atoms with E-state index in [9.17, 15) is 4.79 Å². The summed E-state index contributed by atoms with van der Waals surface area (Å²) < 4.78 is 9.54. The number of anilines is 1. The molecular weight excluding hydrogens is 368 g/mol. The van der Waals surface area contributed by atoms with Crippen LogP contribution in [0.3, 0.4) is 0 Å². The third-order valence-corrected chi connectivity index (χ3v) is 5.01. The van der Waals surface area contributed by atoms with Crippen molar-refractivity contribution >= 4 is 11.7 Å². The monoisotopic (exact) mass is 394 g/mol. The first-order chi connectivity index (χ1) is 14.0. The van der Waals surface area contributed by atoms with Gasteiger partial charge in [-0.3, -0.25) is 4.68 Å². The number of para-hydroxylation sites is 2. The van der Waals surface area contributed by atoms with Gasteiger partial charge in [0.2, 0.25) is 0 Å². The Morgan fingerprint density at radius 3 is 2.83 bits per heavy atom. The van der Waals surface area contributed by atoms with E-state index in [1.807, 2.05) is 60.5 Å². The van der Waals surface area contributed by atoms with Gasteiger partial charge in [-0.05, 0) is 45.4 Å². The minimum Gasteiger partial charge on any atom is -0.371 e. The molecule has 1 aliphatic heterocycles. The van der Waals surface area contributed by atoms with Gasteiger partial charge in [0.25, 0.3) is 0 Å². The van der Waals surface area contributed by atoms with E-state index >= 15 is 0 Å². The highest BCUT2D eigenvalue weighted by atomic mass is 16.5. The van der Waals surface area contributed by atoms with Crippen LogP contribution in [0, 0.1) is 6.92 Å². The normalized spacial score (nSPS) is 18.9. The summed E-state index contributed by atoms with van der Waals surface area (Å²) in [6, 6.07) is 9.42. The molecule has 0 saturated carbocycles. The lowest BCUT2D eigenvalue weighted by atomic mass is 10.1. The molecule has 4 rings (SSSR count). The fraction of sp³-hybridized carbons (Fsp3) is 0.381. The number of rotatable bonds is 5. The molecular formula is C21H26N6O2. The standard InChI is InChI=1S/C21H26N6O2/c1-14(2)27-13-16(12-22-27)20-18(9-11-29-20)24-21(28)23-17-6-4-5-7-19(17)26-10-8-15(3)25-26/h4-8,10,12-14,18,20H,9,11H2,1-3H3,(H2,23,24,28)/t18-,20+/m1/s1. The lowest BCUT2D eigenvalue weighted by molar-refractivity contribution is 0.100. The van der Waals surface area contributed by atoms with Gasteiger partial charge in [0, 0.05) is 30.6 Å². The molecule has 0 bridgehead atoms. The molecule has 2 amide bonds. The Bertz CT molecular complexity index is 992. The van der Waals surface area contributed by atoms with Crippen LogP contribution in [0.5, 0.6) is 0 Å². The van der Waals surface area contributed by atoms with Crippen LogP contribution in [0.4, 0.5) is 10.5 Å². The predicted octanol–water partition coefficient (Wildman–Crippen LogP) is 3.61. The van der Waals surface area contributed by atoms with Gasteiger partial charge >= 0.3 is 6.03 Å². The van der Waals surface area contributed by atoms with Crippen molar-refractivity contribution in [3.63, 3.8) is 0 Å². The minimum atomic E-state index is -0.266. The van der Waals surface area contributed by atoms with E-state index in [0.717, 1.165) is 23.4 Å². The van der Waals surface area contributed by atoms with Gasteiger partial charge in [-0.15, -0.1) is 0 Å². The summed E-state index contributed by atoms with van der Waals surface area (Å²) >= 11 is 0. The maximum Gasteiger partial charge on any atom is 0.319 e. The van der Waals surface area contributed by atoms with Crippen LogP contribution < -0.4 is 10.6 Å². The smallest absolute Gasteiger partial charge is 0.319 e. The average Bonchev–Trinajstić information content (AvgIpc) is 3.42. The second-order valence-corrected chi connectivity index (χ2v) is 7.55. The molecule has 3 heterocycles. The minimum absolute atomic E-state index is 0.112. The fourth-order valence-corrected chi connectivity index (χ4v) is 3.50. The third-order valence-electron chi connectivity index (χ3n) is 5.01. The van der Waals surface area contributed by atoms with Crippen LogP contribution in [0.2, 0.25) is 0 Å². The van der Waals surface area contributed by atoms with Crippen molar-refractivity contribution in [2.75, 3.05) is 11.9 Å². The molecule has 1 aromatic carbocycles. The molecule has 2 atom stereocenters. The number of benzene rings is 1. The van der Waals surface area contributed by atoms with Crippen molar-refractivity contribution in [1.82, 2.24) is 24.9 Å². The zero-order valence-corrected chi connectivity index (χ0v) is 16.9. The maximum absolute atomic E-state index is 12.7. The van der Waals surface area contributed by atoms with E-state index in [1.54, 1.807) is 4.68 Å². The Kier molecular flexibility index (Phi) is 5.35. The zero-order chi connectivity index (χ0) is 20.4. The Morgan fingerprint density at radius 2 is 2.10 bits per heavy atom. The largest absolute Gasteiger partial charge is 0.371 e. The number of carbonyl (C=O) groups is 1. The first-order valence-electron chi connectivity index (χ1n) is 9.86. The molecule has 1 fully saturated rings. The van der Waals surface area contributed by atoms with Gasteiger partial charge in [-0.2, -0.15) is 10.2 Å². The van der Waals surface area contributed by atoms with Gasteiger partial charge in [-0.25, -0.2) is 9.48 Å². The van der Waals surface area contributed by atoms with Crippen molar-refractivity contribution < 1.29 is 9.53 Å². The number of nitrogens with zero attached hydrogens (tertiary/aromatic N) is 4. The number of hydrogen-bond acceptors (Lipinski definition) is 4. The number of nitrogens with one attached hydrogen (secondary N) is 2. The average molecular weight is 394 g/mol. The Hall–Kier alpha value is -3.13. The Labute approximate surface area is 169 Å². The molecule has 0 aliphatic carbocycles. The van der Waals surface area contributed by atoms with Crippen LogP contribution in [-0.4, -0.2) is 38.2 Å². The number of aryl methyl sites for hydroxylation is 1. The molecule has 2 aromatic heterocycles. The maximum atomic E-state index is 12.7. The summed E-state index contributed by atoms with van der Waals surface area (Å²) in [6.07, 6.45) is 6.24. The molecule has 8 nitrogen and oxygen atoms in total. The second kappa shape index (κ2) is 8.08. The quantitative estimate of drug-likeness (QED) is 0.692. The molecule has 8 heteroatoms. The summed E-state index contributed by atoms with van der Waals surface area (Å²) in [5.74, 6) is 0. The van der Waals surface area contributed by atoms with E-state index < -0.39 is 0 Å². The van der Waals surface area contributed by atoms with Gasteiger partial charge in [0.05, 0.1) is 29.3 Å². The number of ether oxygens (including phenoxy) is 1. The Morgan fingerprint density at radius 1 is 1.28 bits per heavy atom. The highest BCUT2D eigenvalue weighted by Crippen LogP contribution is 2.29. The SMILES string of the molecule is Cc1ccn(-c2ccccc2NC(=O)N[C@@H]2CCO[C@H]2c2cnn(C(C)C)c2)n1. The van der Waals surface area contributed by atoms with Crippen LogP contribution >= 0.6 is 0 Å². The summed E-state index contributed by atoms with van der Waals surface area (Å²) in [5.41, 5.74) is 3.40. The second-order valence-electron chi connectivity index (χ2n) is 7.55. The molecule has 0 unspecified atom stereocenters. The molecule has 152 valence electrons. The van der Waals surface area contributed by atoms with Crippen LogP contribution in [-0.2, 0) is 4.74 Å². The molecule has 1 saturated heterocycles. The van der Waals surface area contributed by atoms with Crippen LogP contribution in [0.25, 0.3) is 5.69 Å². The first-order valence-corrected chi connectivity index (χ1v) is 9.86. The van der Waals surface area contributed by atoms with Crippen molar-refractivity contribution in [2.45, 2.75) is 45.4 Å². The molecule has 3 aromatic rings. The van der Waals surface area contributed by atoms with Crippen molar-refractivity contribution in [3.05, 3.63) is 60.2 Å². The summed E-state index contributed by atoms with van der Waals surface area (Å²) in [4.78, 5) is 12.7. The van der Waals surface area contributed by atoms with E-state index in [0.29, 0.717) is 12.3 Å². The van der Waals surface area contributed by atoms with Gasteiger partial charge < -0.3 is 15.4 Å². The highest BCUT2D eigenvalue weighted by Gasteiger charge is 2.32. The van der Waals surface area contributed by atoms with E-state index in [2.05, 4.69) is 34.7 Å². The van der Waals surface area contributed by atoms with Crippen LogP contribution in [0.15, 0.2) is 48.9 Å². The Balaban J connectivity index is 1.46. The summed E-state index contributed by atoms with van der Waals surface area (Å²) in [5, 5.41) is 14.8. The van der Waals surface area contributed by atoms with Crippen molar-refractivity contribution in [1.29, 1.82) is 0 Å². The van der Waals surface area contributed by atoms with Gasteiger partial charge in [-0.1, -0.05) is 12.1 Å². The van der Waals surface area contributed by atoms with Gasteiger partial charge in [0.1, 0.15) is 6.10 Å². The number of carbonyl (C=O) groups excluding carboxylic acids is 1. The number of aromatic nitrogens is 4. The van der Waals surface area contributed by atoms with Crippen molar-refractivity contribution in [2.24, 2.45) is 0 Å². The molecule has 0 radical (unpaired) electrons. The zero-order valence-electron chi connectivity index (χ0n) is 16.9. The van der Waals surface area contributed by atoms with E-state index in [4.69, 9.17) is 4.74 Å². The molecule has 29 heavy (non-hydrogen) atoms. The molecule has 2 N–H and O–H groups in total. The number of hydrogen-bond donors (Lipinski definition) is 2. The van der Waals surface area contributed by atoms with E-state index in [-0.39, 0.29) is 24.2 Å². The lowest BCUT2D eigenvalue weighted by Crippen LogP contribution is -2.39. The fourth-order valence-electron chi connectivity index (χ4n) is 3.50. The topological polar surface area (TPSA) is 86.0 Å². The van der Waals surface area contributed by atoms with Gasteiger partial charge in [0.15, 0.2) is 0 Å². The highest BCUT2D eigenvalue weighted by molar-refractivity contribution is 5.91.